The average molecular weight is 192 g/mol. The molecule has 5 heteroatoms. The van der Waals surface area contributed by atoms with E-state index in [-0.39, 0.29) is 5.91 Å². The van der Waals surface area contributed by atoms with Crippen LogP contribution in [0.3, 0.4) is 0 Å². The van der Waals surface area contributed by atoms with Gasteiger partial charge in [-0.25, -0.2) is 0 Å². The van der Waals surface area contributed by atoms with Gasteiger partial charge in [0.2, 0.25) is 0 Å². The number of hydrogen-bond acceptors (Lipinski definition) is 3. The van der Waals surface area contributed by atoms with Crippen molar-refractivity contribution in [1.82, 2.24) is 20.3 Å². The van der Waals surface area contributed by atoms with Gasteiger partial charge in [0.15, 0.2) is 5.69 Å². The second-order valence-electron chi connectivity index (χ2n) is 4.15. The molecule has 5 nitrogen and oxygen atoms in total. The average Bonchev–Trinajstić information content (AvgIpc) is 2.93. The largest absolute Gasteiger partial charge is 0.334 e. The molecule has 1 saturated carbocycles. The summed E-state index contributed by atoms with van der Waals surface area (Å²) in [4.78, 5) is 13.9. The number of H-pyrrole nitrogens is 1. The summed E-state index contributed by atoms with van der Waals surface area (Å²) in [5, 5.41) is 9.94. The van der Waals surface area contributed by atoms with Crippen LogP contribution in [0.25, 0.3) is 0 Å². The lowest BCUT2D eigenvalue weighted by Gasteiger charge is -2.25. The van der Waals surface area contributed by atoms with Crippen molar-refractivity contribution in [2.75, 3.05) is 6.54 Å². The molecule has 0 aromatic carbocycles. The first kappa shape index (κ1) is 7.96. The van der Waals surface area contributed by atoms with Crippen LogP contribution < -0.4 is 0 Å². The van der Waals surface area contributed by atoms with Gasteiger partial charge in [0, 0.05) is 12.6 Å². The topological polar surface area (TPSA) is 61.9 Å². The molecule has 3 rings (SSSR count). The van der Waals surface area contributed by atoms with Crippen LogP contribution in [-0.2, 0) is 0 Å². The molecule has 2 heterocycles. The number of carbonyl (C=O) groups excluding carboxylic acids is 1. The molecule has 1 N–H and O–H groups in total. The van der Waals surface area contributed by atoms with Gasteiger partial charge in [0.1, 0.15) is 0 Å². The minimum Gasteiger partial charge on any atom is -0.334 e. The van der Waals surface area contributed by atoms with Gasteiger partial charge in [-0.3, -0.25) is 4.79 Å². The lowest BCUT2D eigenvalue weighted by atomic mass is 10.1. The van der Waals surface area contributed by atoms with Crippen LogP contribution in [0.4, 0.5) is 0 Å². The summed E-state index contributed by atoms with van der Waals surface area (Å²) >= 11 is 0. The fourth-order valence-electron chi connectivity index (χ4n) is 2.63. The summed E-state index contributed by atoms with van der Waals surface area (Å²) in [6.45, 7) is 0.913. The molecule has 1 amide bonds. The molecule has 2 bridgehead atoms. The molecule has 0 radical (unpaired) electrons. The molecule has 74 valence electrons. The Morgan fingerprint density at radius 3 is 3.07 bits per heavy atom. The van der Waals surface area contributed by atoms with E-state index in [1.165, 1.54) is 19.0 Å². The van der Waals surface area contributed by atoms with Gasteiger partial charge in [0.05, 0.1) is 6.20 Å². The van der Waals surface area contributed by atoms with Crippen molar-refractivity contribution >= 4 is 5.91 Å². The number of amides is 1. The number of nitrogens with one attached hydrogen (secondary N) is 1. The van der Waals surface area contributed by atoms with E-state index >= 15 is 0 Å². The highest BCUT2D eigenvalue weighted by Crippen LogP contribution is 2.37. The fourth-order valence-corrected chi connectivity index (χ4v) is 2.63. The number of hydrogen-bond donors (Lipinski definition) is 1. The zero-order chi connectivity index (χ0) is 9.54. The van der Waals surface area contributed by atoms with Crippen LogP contribution in [0.15, 0.2) is 6.20 Å². The smallest absolute Gasteiger partial charge is 0.276 e. The summed E-state index contributed by atoms with van der Waals surface area (Å²) in [7, 11) is 0. The second kappa shape index (κ2) is 2.80. The van der Waals surface area contributed by atoms with Crippen molar-refractivity contribution < 1.29 is 4.79 Å². The van der Waals surface area contributed by atoms with Crippen LogP contribution in [-0.4, -0.2) is 38.8 Å². The third-order valence-electron chi connectivity index (χ3n) is 3.30. The van der Waals surface area contributed by atoms with Crippen LogP contribution in [0, 0.1) is 5.92 Å². The Balaban J connectivity index is 1.81. The molecular formula is C9H12N4O. The monoisotopic (exact) mass is 192 g/mol. The molecule has 1 aromatic rings. The predicted octanol–water partition coefficient (Wildman–Crippen LogP) is 0.429. The zero-order valence-electron chi connectivity index (χ0n) is 7.81. The van der Waals surface area contributed by atoms with E-state index in [1.54, 1.807) is 0 Å². The Morgan fingerprint density at radius 2 is 2.50 bits per heavy atom. The highest BCUT2D eigenvalue weighted by molar-refractivity contribution is 5.92. The standard InChI is InChI=1S/C9H12N4O/c14-9(8-4-10-12-11-8)13-5-6-1-2-7(13)3-6/h4,6-7H,1-3,5H2,(H,10,11,12). The number of carbonyl (C=O) groups is 1. The van der Waals surface area contributed by atoms with Crippen molar-refractivity contribution in [2.24, 2.45) is 5.92 Å². The van der Waals surface area contributed by atoms with Gasteiger partial charge in [-0.2, -0.15) is 15.4 Å². The first-order chi connectivity index (χ1) is 6.84. The van der Waals surface area contributed by atoms with Crippen LogP contribution in [0.5, 0.6) is 0 Å². The molecule has 2 atom stereocenters. The van der Waals surface area contributed by atoms with Gasteiger partial charge in [-0.05, 0) is 25.2 Å². The van der Waals surface area contributed by atoms with Gasteiger partial charge >= 0.3 is 0 Å². The first-order valence-electron chi connectivity index (χ1n) is 5.01. The van der Waals surface area contributed by atoms with Gasteiger partial charge in [-0.1, -0.05) is 0 Å². The number of aromatic nitrogens is 3. The maximum absolute atomic E-state index is 11.9. The Bertz CT molecular complexity index is 348. The molecule has 1 aromatic heterocycles. The van der Waals surface area contributed by atoms with E-state index < -0.39 is 0 Å². The van der Waals surface area contributed by atoms with Crippen molar-refractivity contribution in [3.05, 3.63) is 11.9 Å². The third-order valence-corrected chi connectivity index (χ3v) is 3.30. The second-order valence-corrected chi connectivity index (χ2v) is 4.15. The minimum atomic E-state index is 0.0333. The van der Waals surface area contributed by atoms with E-state index in [1.807, 2.05) is 4.90 Å². The molecular weight excluding hydrogens is 180 g/mol. The Labute approximate surface area is 81.5 Å². The number of nitrogens with zero attached hydrogens (tertiary/aromatic N) is 3. The summed E-state index contributed by atoms with van der Waals surface area (Å²) in [5.74, 6) is 0.766. The Kier molecular flexibility index (Phi) is 1.59. The molecule has 2 fully saturated rings. The lowest BCUT2D eigenvalue weighted by molar-refractivity contribution is 0.0697. The van der Waals surface area contributed by atoms with Crippen molar-refractivity contribution in [1.29, 1.82) is 0 Å². The molecule has 1 saturated heterocycles. The lowest BCUT2D eigenvalue weighted by Crippen LogP contribution is -2.37. The maximum Gasteiger partial charge on any atom is 0.276 e. The van der Waals surface area contributed by atoms with Crippen LogP contribution in [0.1, 0.15) is 29.8 Å². The summed E-state index contributed by atoms with van der Waals surface area (Å²) in [5.41, 5.74) is 0.442. The summed E-state index contributed by atoms with van der Waals surface area (Å²) < 4.78 is 0. The van der Waals surface area contributed by atoms with Crippen molar-refractivity contribution in [3.63, 3.8) is 0 Å². The van der Waals surface area contributed by atoms with Gasteiger partial charge < -0.3 is 4.90 Å². The highest BCUT2D eigenvalue weighted by atomic mass is 16.2. The Hall–Kier alpha value is -1.39. The van der Waals surface area contributed by atoms with E-state index in [9.17, 15) is 4.79 Å². The number of rotatable bonds is 1. The van der Waals surface area contributed by atoms with E-state index in [4.69, 9.17) is 0 Å². The molecule has 2 aliphatic rings. The van der Waals surface area contributed by atoms with E-state index in [0.29, 0.717) is 11.7 Å². The molecule has 1 aliphatic carbocycles. The number of fused-ring (bicyclic) bond motifs is 2. The molecule has 14 heavy (non-hydrogen) atoms. The van der Waals surface area contributed by atoms with Gasteiger partial charge in [0.25, 0.3) is 5.91 Å². The predicted molar refractivity (Wildman–Crippen MR) is 48.5 cm³/mol. The number of likely N-dealkylation sites (tertiary alicyclic amines) is 1. The maximum atomic E-state index is 11.9. The number of piperidine rings is 1. The summed E-state index contributed by atoms with van der Waals surface area (Å²) in [6.07, 6.45) is 5.12. The van der Waals surface area contributed by atoms with Crippen molar-refractivity contribution in [3.8, 4) is 0 Å². The normalized spacial score (nSPS) is 29.9. The molecule has 0 spiro atoms. The highest BCUT2D eigenvalue weighted by Gasteiger charge is 2.40. The number of aromatic amines is 1. The first-order valence-corrected chi connectivity index (χ1v) is 5.01. The summed E-state index contributed by atoms with van der Waals surface area (Å²) in [6, 6.07) is 0.462. The molecule has 1 aliphatic heterocycles. The Morgan fingerprint density at radius 1 is 1.57 bits per heavy atom. The van der Waals surface area contributed by atoms with E-state index in [0.717, 1.165) is 18.9 Å². The quantitative estimate of drug-likeness (QED) is 0.701. The zero-order valence-corrected chi connectivity index (χ0v) is 7.81. The SMILES string of the molecule is O=C(c1cn[nH]n1)N1CC2CCC1C2. The van der Waals surface area contributed by atoms with Crippen LogP contribution >= 0.6 is 0 Å². The molecule has 2 unspecified atom stereocenters. The third kappa shape index (κ3) is 1.05. The van der Waals surface area contributed by atoms with E-state index in [2.05, 4.69) is 15.4 Å². The van der Waals surface area contributed by atoms with Crippen LogP contribution in [0.2, 0.25) is 0 Å². The minimum absolute atomic E-state index is 0.0333. The van der Waals surface area contributed by atoms with Gasteiger partial charge in [-0.15, -0.1) is 0 Å². The van der Waals surface area contributed by atoms with Crippen molar-refractivity contribution in [2.45, 2.75) is 25.3 Å². The fraction of sp³-hybridized carbons (Fsp3) is 0.667.